The molecule has 1 aromatic carbocycles. The van der Waals surface area contributed by atoms with E-state index in [0.29, 0.717) is 23.2 Å². The molecule has 1 aliphatic carbocycles. The van der Waals surface area contributed by atoms with Crippen molar-refractivity contribution in [2.75, 3.05) is 0 Å². The standard InChI is InChI=1S/C13H9N3O3/c14-16-15-9-1-2-10-8(7-9)3-5-13(12(10)18)6-4-11(17)19-13/h1-3,5,7H,4,6H2/t13-/m0/s1. The zero-order chi connectivity index (χ0) is 13.5. The van der Waals surface area contributed by atoms with Crippen LogP contribution in [0.25, 0.3) is 16.5 Å². The molecule has 0 unspecified atom stereocenters. The van der Waals surface area contributed by atoms with E-state index in [1.54, 1.807) is 30.4 Å². The second-order valence-electron chi connectivity index (χ2n) is 4.49. The Hall–Kier alpha value is -2.59. The van der Waals surface area contributed by atoms with Crippen LogP contribution in [0, 0.1) is 0 Å². The topological polar surface area (TPSA) is 92.1 Å². The largest absolute Gasteiger partial charge is 0.446 e. The minimum atomic E-state index is -1.13. The molecule has 6 heteroatoms. The average Bonchev–Trinajstić information content (AvgIpc) is 2.78. The monoisotopic (exact) mass is 255 g/mol. The SMILES string of the molecule is [N-]=[N+]=Nc1ccc2c(c1)C=C[C@]1(CCC(=O)O1)C2=O. The number of benzene rings is 1. The first-order chi connectivity index (χ1) is 9.14. The van der Waals surface area contributed by atoms with Crippen molar-refractivity contribution in [3.63, 3.8) is 0 Å². The number of Topliss-reactive ketones (excluding diaryl/α,β-unsaturated/α-hetero) is 1. The highest BCUT2D eigenvalue weighted by atomic mass is 16.6. The molecule has 6 nitrogen and oxygen atoms in total. The fraction of sp³-hybridized carbons (Fsp3) is 0.231. The van der Waals surface area contributed by atoms with E-state index >= 15 is 0 Å². The maximum Gasteiger partial charge on any atom is 0.307 e. The molecule has 0 aromatic heterocycles. The Bertz CT molecular complexity index is 674. The molecule has 0 bridgehead atoms. The van der Waals surface area contributed by atoms with Gasteiger partial charge in [-0.1, -0.05) is 23.3 Å². The number of ketones is 1. The Morgan fingerprint density at radius 1 is 1.37 bits per heavy atom. The van der Waals surface area contributed by atoms with Gasteiger partial charge < -0.3 is 4.74 Å². The molecule has 1 fully saturated rings. The Balaban J connectivity index is 2.06. The van der Waals surface area contributed by atoms with Gasteiger partial charge >= 0.3 is 5.97 Å². The highest BCUT2D eigenvalue weighted by Crippen LogP contribution is 2.37. The molecular weight excluding hydrogens is 246 g/mol. The molecule has 1 saturated heterocycles. The van der Waals surface area contributed by atoms with Gasteiger partial charge in [-0.2, -0.15) is 0 Å². The molecule has 0 amide bonds. The van der Waals surface area contributed by atoms with Gasteiger partial charge in [-0.05, 0) is 23.2 Å². The third-order valence-electron chi connectivity index (χ3n) is 3.35. The molecule has 94 valence electrons. The van der Waals surface area contributed by atoms with Crippen LogP contribution in [0.5, 0.6) is 0 Å². The van der Waals surface area contributed by atoms with Gasteiger partial charge in [-0.3, -0.25) is 9.59 Å². The zero-order valence-corrected chi connectivity index (χ0v) is 9.87. The lowest BCUT2D eigenvalue weighted by molar-refractivity contribution is -0.143. The Morgan fingerprint density at radius 2 is 2.21 bits per heavy atom. The van der Waals surface area contributed by atoms with E-state index in [0.717, 1.165) is 0 Å². The summed E-state index contributed by atoms with van der Waals surface area (Å²) in [5, 5.41) is 3.49. The van der Waals surface area contributed by atoms with E-state index in [-0.39, 0.29) is 18.2 Å². The maximum atomic E-state index is 12.4. The maximum absolute atomic E-state index is 12.4. The van der Waals surface area contributed by atoms with E-state index < -0.39 is 5.60 Å². The molecule has 0 radical (unpaired) electrons. The number of hydrogen-bond donors (Lipinski definition) is 0. The van der Waals surface area contributed by atoms with Gasteiger partial charge in [-0.25, -0.2) is 0 Å². The van der Waals surface area contributed by atoms with Gasteiger partial charge in [-0.15, -0.1) is 0 Å². The number of esters is 1. The van der Waals surface area contributed by atoms with Gasteiger partial charge in [0.1, 0.15) is 0 Å². The predicted octanol–water partition coefficient (Wildman–Crippen LogP) is 2.91. The van der Waals surface area contributed by atoms with Gasteiger partial charge in [0.15, 0.2) is 5.60 Å². The van der Waals surface area contributed by atoms with E-state index in [1.807, 2.05) is 0 Å². The lowest BCUT2D eigenvalue weighted by Crippen LogP contribution is -2.38. The molecule has 0 saturated carbocycles. The second-order valence-corrected chi connectivity index (χ2v) is 4.49. The highest BCUT2D eigenvalue weighted by Gasteiger charge is 2.47. The quantitative estimate of drug-likeness (QED) is 0.334. The summed E-state index contributed by atoms with van der Waals surface area (Å²) in [5.74, 6) is -0.574. The number of rotatable bonds is 1. The second kappa shape index (κ2) is 3.96. The Labute approximate surface area is 108 Å². The van der Waals surface area contributed by atoms with Crippen molar-refractivity contribution in [3.8, 4) is 0 Å². The molecule has 3 rings (SSSR count). The molecule has 2 aliphatic rings. The van der Waals surface area contributed by atoms with Crippen molar-refractivity contribution in [2.24, 2.45) is 5.11 Å². The summed E-state index contributed by atoms with van der Waals surface area (Å²) in [4.78, 5) is 26.4. The van der Waals surface area contributed by atoms with Crippen LogP contribution < -0.4 is 0 Å². The van der Waals surface area contributed by atoms with Crippen molar-refractivity contribution >= 4 is 23.5 Å². The third kappa shape index (κ3) is 1.70. The lowest BCUT2D eigenvalue weighted by atomic mass is 9.83. The summed E-state index contributed by atoms with van der Waals surface area (Å²) in [7, 11) is 0. The fourth-order valence-electron chi connectivity index (χ4n) is 2.41. The summed E-state index contributed by atoms with van der Waals surface area (Å²) >= 11 is 0. The molecule has 1 heterocycles. The van der Waals surface area contributed by atoms with Crippen LogP contribution in [0.4, 0.5) is 5.69 Å². The molecule has 1 spiro atoms. The summed E-state index contributed by atoms with van der Waals surface area (Å²) in [6, 6.07) is 4.80. The first-order valence-corrected chi connectivity index (χ1v) is 5.80. The van der Waals surface area contributed by atoms with E-state index in [1.165, 1.54) is 0 Å². The van der Waals surface area contributed by atoms with Gasteiger partial charge in [0.05, 0.1) is 6.42 Å². The number of carbonyl (C=O) groups is 2. The van der Waals surface area contributed by atoms with Crippen LogP contribution in [0.2, 0.25) is 0 Å². The third-order valence-corrected chi connectivity index (χ3v) is 3.35. The molecule has 1 aliphatic heterocycles. The number of ether oxygens (including phenoxy) is 1. The first kappa shape index (κ1) is 11.5. The zero-order valence-electron chi connectivity index (χ0n) is 9.87. The Morgan fingerprint density at radius 3 is 2.89 bits per heavy atom. The molecular formula is C13H9N3O3. The predicted molar refractivity (Wildman–Crippen MR) is 66.7 cm³/mol. The molecule has 1 atom stereocenters. The minimum absolute atomic E-state index is 0.219. The Kier molecular flexibility index (Phi) is 2.40. The van der Waals surface area contributed by atoms with Crippen LogP contribution >= 0.6 is 0 Å². The van der Waals surface area contributed by atoms with Gasteiger partial charge in [0.25, 0.3) is 0 Å². The smallest absolute Gasteiger partial charge is 0.307 e. The van der Waals surface area contributed by atoms with Crippen molar-refractivity contribution in [2.45, 2.75) is 18.4 Å². The summed E-state index contributed by atoms with van der Waals surface area (Å²) < 4.78 is 5.18. The van der Waals surface area contributed by atoms with Crippen LogP contribution in [0.3, 0.4) is 0 Å². The van der Waals surface area contributed by atoms with Crippen molar-refractivity contribution < 1.29 is 14.3 Å². The van der Waals surface area contributed by atoms with Crippen molar-refractivity contribution in [1.82, 2.24) is 0 Å². The molecule has 1 aromatic rings. The van der Waals surface area contributed by atoms with Crippen molar-refractivity contribution in [3.05, 3.63) is 45.8 Å². The number of fused-ring (bicyclic) bond motifs is 1. The van der Waals surface area contributed by atoms with E-state index in [4.69, 9.17) is 10.3 Å². The average molecular weight is 255 g/mol. The van der Waals surface area contributed by atoms with E-state index in [9.17, 15) is 9.59 Å². The van der Waals surface area contributed by atoms with Crippen LogP contribution in [-0.2, 0) is 9.53 Å². The fourth-order valence-corrected chi connectivity index (χ4v) is 2.41. The van der Waals surface area contributed by atoms with Crippen LogP contribution in [-0.4, -0.2) is 17.4 Å². The first-order valence-electron chi connectivity index (χ1n) is 5.80. The van der Waals surface area contributed by atoms with E-state index in [2.05, 4.69) is 10.0 Å². The summed E-state index contributed by atoms with van der Waals surface area (Å²) in [6.07, 6.45) is 3.97. The number of carbonyl (C=O) groups excluding carboxylic acids is 2. The number of hydrogen-bond acceptors (Lipinski definition) is 4. The van der Waals surface area contributed by atoms with Crippen LogP contribution in [0.15, 0.2) is 29.4 Å². The number of nitrogens with zero attached hydrogens (tertiary/aromatic N) is 3. The normalized spacial score (nSPS) is 24.0. The lowest BCUT2D eigenvalue weighted by Gasteiger charge is -2.26. The van der Waals surface area contributed by atoms with Gasteiger partial charge in [0.2, 0.25) is 5.78 Å². The van der Waals surface area contributed by atoms with Crippen molar-refractivity contribution in [1.29, 1.82) is 0 Å². The van der Waals surface area contributed by atoms with Gasteiger partial charge in [0, 0.05) is 22.6 Å². The van der Waals surface area contributed by atoms with Crippen LogP contribution in [0.1, 0.15) is 28.8 Å². The summed E-state index contributed by atoms with van der Waals surface area (Å²) in [6.45, 7) is 0. The highest BCUT2D eigenvalue weighted by molar-refractivity contribution is 6.11. The molecule has 19 heavy (non-hydrogen) atoms. The number of azide groups is 1. The molecule has 0 N–H and O–H groups in total. The summed E-state index contributed by atoms with van der Waals surface area (Å²) in [5.41, 5.74) is 8.85. The minimum Gasteiger partial charge on any atom is -0.446 e.